The van der Waals surface area contributed by atoms with E-state index in [1.807, 2.05) is 6.92 Å². The van der Waals surface area contributed by atoms with Crippen molar-refractivity contribution < 1.29 is 17.2 Å². The van der Waals surface area contributed by atoms with Gasteiger partial charge in [0, 0.05) is 25.2 Å². The van der Waals surface area contributed by atoms with Crippen LogP contribution in [0, 0.1) is 11.6 Å². The normalized spacial score (nSPS) is 21.3. The van der Waals surface area contributed by atoms with Crippen LogP contribution in [0.1, 0.15) is 20.3 Å². The predicted octanol–water partition coefficient (Wildman–Crippen LogP) is 1.81. The first-order valence-electron chi connectivity index (χ1n) is 6.91. The molecule has 2 heterocycles. The first kappa shape index (κ1) is 15.9. The molecule has 5 nitrogen and oxygen atoms in total. The van der Waals surface area contributed by atoms with Crippen LogP contribution in [-0.4, -0.2) is 44.0 Å². The molecule has 1 atom stereocenters. The third-order valence-electron chi connectivity index (χ3n) is 3.40. The zero-order chi connectivity index (χ0) is 15.6. The lowest BCUT2D eigenvalue weighted by atomic mass is 10.3. The molecule has 1 aliphatic rings. The number of aromatic nitrogens is 1. The minimum Gasteiger partial charge on any atom is -0.368 e. The molecule has 1 N–H and O–H groups in total. The molecule has 0 aliphatic carbocycles. The number of hydrogen-bond acceptors (Lipinski definition) is 5. The van der Waals surface area contributed by atoms with E-state index in [-0.39, 0.29) is 29.7 Å². The van der Waals surface area contributed by atoms with Crippen LogP contribution in [0.4, 0.5) is 20.4 Å². The van der Waals surface area contributed by atoms with E-state index in [4.69, 9.17) is 0 Å². The Bertz CT molecular complexity index is 622. The van der Waals surface area contributed by atoms with Gasteiger partial charge < -0.3 is 10.2 Å². The average Bonchev–Trinajstić information content (AvgIpc) is 2.38. The van der Waals surface area contributed by atoms with Crippen LogP contribution in [0.25, 0.3) is 0 Å². The third kappa shape index (κ3) is 3.61. The van der Waals surface area contributed by atoms with E-state index in [1.54, 1.807) is 11.8 Å². The van der Waals surface area contributed by atoms with Gasteiger partial charge in [-0.25, -0.2) is 22.2 Å². The summed E-state index contributed by atoms with van der Waals surface area (Å²) in [5.41, 5.74) is 0. The number of nitrogens with zero attached hydrogens (tertiary/aromatic N) is 2. The lowest BCUT2D eigenvalue weighted by Crippen LogP contribution is -2.47. The molecule has 8 heteroatoms. The number of nitrogens with one attached hydrogen (secondary N) is 1. The van der Waals surface area contributed by atoms with E-state index in [2.05, 4.69) is 10.3 Å². The van der Waals surface area contributed by atoms with Gasteiger partial charge in [-0.15, -0.1) is 0 Å². The van der Waals surface area contributed by atoms with Gasteiger partial charge in [0.25, 0.3) is 0 Å². The molecular formula is C13H19F2N3O2S. The van der Waals surface area contributed by atoms with Crippen molar-refractivity contribution in [2.75, 3.05) is 34.8 Å². The average molecular weight is 319 g/mol. The zero-order valence-corrected chi connectivity index (χ0v) is 12.9. The van der Waals surface area contributed by atoms with Gasteiger partial charge in [0.15, 0.2) is 33.1 Å². The van der Waals surface area contributed by atoms with E-state index in [9.17, 15) is 17.2 Å². The summed E-state index contributed by atoms with van der Waals surface area (Å²) in [4.78, 5) is 5.58. The van der Waals surface area contributed by atoms with Crippen molar-refractivity contribution in [3.63, 3.8) is 0 Å². The van der Waals surface area contributed by atoms with Crippen LogP contribution < -0.4 is 10.2 Å². The first-order chi connectivity index (χ1) is 9.84. The summed E-state index contributed by atoms with van der Waals surface area (Å²) >= 11 is 0. The van der Waals surface area contributed by atoms with Gasteiger partial charge in [-0.1, -0.05) is 6.92 Å². The van der Waals surface area contributed by atoms with E-state index >= 15 is 0 Å². The van der Waals surface area contributed by atoms with Crippen molar-refractivity contribution in [2.45, 2.75) is 26.3 Å². The maximum Gasteiger partial charge on any atom is 0.168 e. The summed E-state index contributed by atoms with van der Waals surface area (Å²) in [6.45, 7) is 4.30. The fourth-order valence-corrected chi connectivity index (χ4v) is 3.90. The van der Waals surface area contributed by atoms with E-state index in [1.165, 1.54) is 0 Å². The summed E-state index contributed by atoms with van der Waals surface area (Å²) in [5, 5.41) is 2.80. The van der Waals surface area contributed by atoms with Crippen LogP contribution in [0.15, 0.2) is 6.07 Å². The van der Waals surface area contributed by atoms with Crippen LogP contribution in [0.2, 0.25) is 0 Å². The maximum absolute atomic E-state index is 14.0. The Morgan fingerprint density at radius 3 is 2.76 bits per heavy atom. The second kappa shape index (κ2) is 6.13. The van der Waals surface area contributed by atoms with Gasteiger partial charge in [0.1, 0.15) is 0 Å². The number of hydrogen-bond donors (Lipinski definition) is 1. The second-order valence-corrected chi connectivity index (χ2v) is 7.44. The molecule has 0 aromatic carbocycles. The molecule has 1 saturated heterocycles. The van der Waals surface area contributed by atoms with Crippen LogP contribution in [0.5, 0.6) is 0 Å². The molecule has 0 saturated carbocycles. The van der Waals surface area contributed by atoms with Crippen molar-refractivity contribution in [2.24, 2.45) is 0 Å². The topological polar surface area (TPSA) is 62.3 Å². The molecule has 1 fully saturated rings. The monoisotopic (exact) mass is 319 g/mol. The Kier molecular flexibility index (Phi) is 4.65. The first-order valence-corrected chi connectivity index (χ1v) is 8.73. The minimum atomic E-state index is -3.10. The summed E-state index contributed by atoms with van der Waals surface area (Å²) in [6.07, 6.45) is 0.784. The molecule has 0 radical (unpaired) electrons. The van der Waals surface area contributed by atoms with Gasteiger partial charge in [0.2, 0.25) is 0 Å². The molecule has 1 unspecified atom stereocenters. The highest BCUT2D eigenvalue weighted by atomic mass is 32.2. The second-order valence-electron chi connectivity index (χ2n) is 5.21. The molecule has 1 aromatic rings. The molecule has 118 valence electrons. The molecule has 0 bridgehead atoms. The summed E-state index contributed by atoms with van der Waals surface area (Å²) in [6, 6.07) is 0.395. The molecular weight excluding hydrogens is 300 g/mol. The Balaban J connectivity index is 2.30. The highest BCUT2D eigenvalue weighted by Gasteiger charge is 2.31. The molecule has 0 spiro atoms. The van der Waals surface area contributed by atoms with E-state index in [0.29, 0.717) is 6.54 Å². The molecule has 2 rings (SSSR count). The Morgan fingerprint density at radius 1 is 1.43 bits per heavy atom. The lowest BCUT2D eigenvalue weighted by molar-refractivity contribution is 0.544. The number of anilines is 2. The molecule has 21 heavy (non-hydrogen) atoms. The van der Waals surface area contributed by atoms with Crippen LogP contribution in [0.3, 0.4) is 0 Å². The van der Waals surface area contributed by atoms with E-state index < -0.39 is 27.5 Å². The Labute approximate surface area is 123 Å². The van der Waals surface area contributed by atoms with Crippen LogP contribution in [-0.2, 0) is 9.84 Å². The fourth-order valence-electron chi connectivity index (χ4n) is 2.34. The highest BCUT2D eigenvalue weighted by Crippen LogP contribution is 2.26. The van der Waals surface area contributed by atoms with Crippen molar-refractivity contribution >= 4 is 21.5 Å². The quantitative estimate of drug-likeness (QED) is 0.917. The number of halogens is 2. The smallest absolute Gasteiger partial charge is 0.168 e. The van der Waals surface area contributed by atoms with Gasteiger partial charge in [0.05, 0.1) is 11.5 Å². The predicted molar refractivity (Wildman–Crippen MR) is 78.4 cm³/mol. The summed E-state index contributed by atoms with van der Waals surface area (Å²) in [7, 11) is -3.10. The van der Waals surface area contributed by atoms with E-state index in [0.717, 1.165) is 12.5 Å². The fraction of sp³-hybridized carbons (Fsp3) is 0.615. The SMILES string of the molecule is CCCNc1nc(N2CCS(=O)(=O)CC2C)c(F)cc1F. The van der Waals surface area contributed by atoms with Gasteiger partial charge in [-0.05, 0) is 13.3 Å². The number of sulfone groups is 1. The summed E-state index contributed by atoms with van der Waals surface area (Å²) in [5.74, 6) is -1.63. The van der Waals surface area contributed by atoms with Gasteiger partial charge >= 0.3 is 0 Å². The number of rotatable bonds is 4. The standard InChI is InChI=1S/C13H19F2N3O2S/c1-3-4-16-12-10(14)7-11(15)13(17-12)18-5-6-21(19,20)8-9(18)2/h7,9H,3-6,8H2,1-2H3,(H,16,17). The minimum absolute atomic E-state index is 0.00240. The maximum atomic E-state index is 14.0. The Morgan fingerprint density at radius 2 is 2.14 bits per heavy atom. The molecule has 0 amide bonds. The van der Waals surface area contributed by atoms with Crippen molar-refractivity contribution in [1.29, 1.82) is 0 Å². The lowest BCUT2D eigenvalue weighted by Gasteiger charge is -2.34. The molecule has 1 aliphatic heterocycles. The van der Waals surface area contributed by atoms with Crippen molar-refractivity contribution in [3.8, 4) is 0 Å². The van der Waals surface area contributed by atoms with Crippen molar-refractivity contribution in [3.05, 3.63) is 17.7 Å². The zero-order valence-electron chi connectivity index (χ0n) is 12.1. The third-order valence-corrected chi connectivity index (χ3v) is 5.19. The van der Waals surface area contributed by atoms with Gasteiger partial charge in [-0.2, -0.15) is 0 Å². The summed E-state index contributed by atoms with van der Waals surface area (Å²) < 4.78 is 50.8. The van der Waals surface area contributed by atoms with Gasteiger partial charge in [-0.3, -0.25) is 0 Å². The number of pyridine rings is 1. The van der Waals surface area contributed by atoms with Crippen LogP contribution >= 0.6 is 0 Å². The molecule has 1 aromatic heterocycles. The highest BCUT2D eigenvalue weighted by molar-refractivity contribution is 7.91. The largest absolute Gasteiger partial charge is 0.368 e. The Hall–Kier alpha value is -1.44. The van der Waals surface area contributed by atoms with Crippen molar-refractivity contribution in [1.82, 2.24) is 4.98 Å².